The Labute approximate surface area is 136 Å². The van der Waals surface area contributed by atoms with Gasteiger partial charge in [-0.3, -0.25) is 4.98 Å². The molecule has 0 saturated heterocycles. The number of hydrogen-bond donors (Lipinski definition) is 1. The predicted octanol–water partition coefficient (Wildman–Crippen LogP) is 4.12. The summed E-state index contributed by atoms with van der Waals surface area (Å²) in [6.07, 6.45) is 2.63. The maximum absolute atomic E-state index is 5.29. The van der Waals surface area contributed by atoms with Crippen LogP contribution in [-0.2, 0) is 6.42 Å². The first kappa shape index (κ1) is 15.5. The average molecular weight is 400 g/mol. The summed E-state index contributed by atoms with van der Waals surface area (Å²) >= 11 is 7.15. The molecular weight excluding hydrogens is 384 g/mol. The van der Waals surface area contributed by atoms with E-state index in [1.165, 1.54) is 5.56 Å². The van der Waals surface area contributed by atoms with Crippen molar-refractivity contribution in [1.82, 2.24) is 10.3 Å². The molecule has 3 nitrogen and oxygen atoms in total. The third kappa shape index (κ3) is 3.59. The zero-order chi connectivity index (χ0) is 14.5. The molecule has 2 aromatic rings. The molecular formula is C15H16Br2N2O. The van der Waals surface area contributed by atoms with Gasteiger partial charge in [-0.05, 0) is 65.3 Å². The molecule has 5 heteroatoms. The first-order valence-corrected chi connectivity index (χ1v) is 7.84. The quantitative estimate of drug-likeness (QED) is 0.821. The Morgan fingerprint density at radius 3 is 2.70 bits per heavy atom. The van der Waals surface area contributed by atoms with E-state index in [4.69, 9.17) is 4.74 Å². The van der Waals surface area contributed by atoms with Gasteiger partial charge >= 0.3 is 0 Å². The molecule has 1 heterocycles. The fourth-order valence-corrected chi connectivity index (χ4v) is 2.98. The van der Waals surface area contributed by atoms with Gasteiger partial charge in [0.25, 0.3) is 0 Å². The molecule has 0 radical (unpaired) electrons. The lowest BCUT2D eigenvalue weighted by Gasteiger charge is -2.18. The third-order valence-corrected chi connectivity index (χ3v) is 4.59. The average Bonchev–Trinajstić information content (AvgIpc) is 2.47. The Hall–Kier alpha value is -0.910. The maximum atomic E-state index is 5.29. The van der Waals surface area contributed by atoms with E-state index in [9.17, 15) is 0 Å². The van der Waals surface area contributed by atoms with Gasteiger partial charge in [-0.15, -0.1) is 0 Å². The molecule has 0 spiro atoms. The summed E-state index contributed by atoms with van der Waals surface area (Å²) in [4.78, 5) is 4.46. The van der Waals surface area contributed by atoms with Crippen molar-refractivity contribution in [2.75, 3.05) is 14.2 Å². The molecule has 0 aliphatic carbocycles. The van der Waals surface area contributed by atoms with Gasteiger partial charge in [0.05, 0.1) is 18.8 Å². The van der Waals surface area contributed by atoms with Crippen LogP contribution < -0.4 is 10.1 Å². The van der Waals surface area contributed by atoms with Gasteiger partial charge in [-0.25, -0.2) is 0 Å². The first-order valence-electron chi connectivity index (χ1n) is 6.25. The van der Waals surface area contributed by atoms with Crippen LogP contribution in [0.2, 0.25) is 0 Å². The van der Waals surface area contributed by atoms with E-state index in [-0.39, 0.29) is 6.04 Å². The second-order valence-corrected chi connectivity index (χ2v) is 6.08. The van der Waals surface area contributed by atoms with Gasteiger partial charge in [0, 0.05) is 15.1 Å². The van der Waals surface area contributed by atoms with Crippen LogP contribution in [0.25, 0.3) is 0 Å². The van der Waals surface area contributed by atoms with Crippen molar-refractivity contribution in [1.29, 1.82) is 0 Å². The number of hydrogen-bond acceptors (Lipinski definition) is 3. The highest BCUT2D eigenvalue weighted by Crippen LogP contribution is 2.29. The number of benzene rings is 1. The summed E-state index contributed by atoms with van der Waals surface area (Å²) in [6, 6.07) is 10.1. The second kappa shape index (κ2) is 7.20. The van der Waals surface area contributed by atoms with Crippen LogP contribution >= 0.6 is 31.9 Å². The minimum Gasteiger partial charge on any atom is -0.497 e. The Bertz CT molecular complexity index is 590. The van der Waals surface area contributed by atoms with E-state index < -0.39 is 0 Å². The number of rotatable bonds is 5. The van der Waals surface area contributed by atoms with Gasteiger partial charge in [-0.2, -0.15) is 0 Å². The molecule has 2 rings (SSSR count). The Balaban J connectivity index is 2.29. The molecule has 20 heavy (non-hydrogen) atoms. The summed E-state index contributed by atoms with van der Waals surface area (Å²) in [5, 5.41) is 3.32. The summed E-state index contributed by atoms with van der Waals surface area (Å²) in [5.74, 6) is 0.859. The van der Waals surface area contributed by atoms with Crippen LogP contribution in [0.5, 0.6) is 5.75 Å². The predicted molar refractivity (Wildman–Crippen MR) is 88.1 cm³/mol. The standard InChI is InChI=1S/C15H16Br2N2O/c1-18-14(15-13(17)4-3-7-19-15)9-10-8-11(20-2)5-6-12(10)16/h3-8,14,18H,9H2,1-2H3. The maximum Gasteiger partial charge on any atom is 0.119 e. The van der Waals surface area contributed by atoms with E-state index in [1.54, 1.807) is 7.11 Å². The van der Waals surface area contributed by atoms with Crippen molar-refractivity contribution in [3.8, 4) is 5.75 Å². The SMILES string of the molecule is CNC(Cc1cc(OC)ccc1Br)c1ncccc1Br. The number of aromatic nitrogens is 1. The molecule has 1 unspecified atom stereocenters. The molecule has 0 fully saturated rings. The van der Waals surface area contributed by atoms with Gasteiger partial charge in [0.1, 0.15) is 5.75 Å². The third-order valence-electron chi connectivity index (χ3n) is 3.14. The summed E-state index contributed by atoms with van der Waals surface area (Å²) < 4.78 is 7.38. The number of ether oxygens (including phenoxy) is 1. The lowest BCUT2D eigenvalue weighted by molar-refractivity contribution is 0.413. The van der Waals surface area contributed by atoms with Crippen molar-refractivity contribution < 1.29 is 4.74 Å². The van der Waals surface area contributed by atoms with Gasteiger partial charge in [-0.1, -0.05) is 15.9 Å². The van der Waals surface area contributed by atoms with E-state index in [0.717, 1.165) is 26.8 Å². The molecule has 0 aliphatic heterocycles. The van der Waals surface area contributed by atoms with Gasteiger partial charge in [0.2, 0.25) is 0 Å². The number of likely N-dealkylation sites (N-methyl/N-ethyl adjacent to an activating group) is 1. The van der Waals surface area contributed by atoms with Crippen LogP contribution in [-0.4, -0.2) is 19.1 Å². The fourth-order valence-electron chi connectivity index (χ4n) is 2.04. The van der Waals surface area contributed by atoms with Crippen molar-refractivity contribution >= 4 is 31.9 Å². The number of halogens is 2. The summed E-state index contributed by atoms with van der Waals surface area (Å²) in [7, 11) is 3.62. The number of pyridine rings is 1. The number of methoxy groups -OCH3 is 1. The summed E-state index contributed by atoms with van der Waals surface area (Å²) in [6.45, 7) is 0. The molecule has 0 bridgehead atoms. The topological polar surface area (TPSA) is 34.1 Å². The van der Waals surface area contributed by atoms with Gasteiger partial charge < -0.3 is 10.1 Å². The minimum atomic E-state index is 0.133. The molecule has 106 valence electrons. The zero-order valence-corrected chi connectivity index (χ0v) is 14.5. The Morgan fingerprint density at radius 1 is 1.25 bits per heavy atom. The lowest BCUT2D eigenvalue weighted by atomic mass is 10.0. The van der Waals surface area contributed by atoms with Crippen LogP contribution in [0.4, 0.5) is 0 Å². The largest absolute Gasteiger partial charge is 0.497 e. The highest BCUT2D eigenvalue weighted by atomic mass is 79.9. The molecule has 1 aromatic heterocycles. The highest BCUT2D eigenvalue weighted by Gasteiger charge is 2.16. The van der Waals surface area contributed by atoms with E-state index >= 15 is 0 Å². The second-order valence-electron chi connectivity index (χ2n) is 4.37. The fraction of sp³-hybridized carbons (Fsp3) is 0.267. The van der Waals surface area contributed by atoms with Gasteiger partial charge in [0.15, 0.2) is 0 Å². The van der Waals surface area contributed by atoms with Crippen molar-refractivity contribution in [3.05, 3.63) is 56.7 Å². The minimum absolute atomic E-state index is 0.133. The monoisotopic (exact) mass is 398 g/mol. The highest BCUT2D eigenvalue weighted by molar-refractivity contribution is 9.10. The number of nitrogens with zero attached hydrogens (tertiary/aromatic N) is 1. The Morgan fingerprint density at radius 2 is 2.05 bits per heavy atom. The van der Waals surface area contributed by atoms with Crippen LogP contribution in [0.1, 0.15) is 17.3 Å². The zero-order valence-electron chi connectivity index (χ0n) is 11.4. The number of nitrogens with one attached hydrogen (secondary N) is 1. The molecule has 1 aromatic carbocycles. The molecule has 0 aliphatic rings. The summed E-state index contributed by atoms with van der Waals surface area (Å²) in [5.41, 5.74) is 2.19. The van der Waals surface area contributed by atoms with Crippen molar-refractivity contribution in [2.45, 2.75) is 12.5 Å². The molecule has 1 atom stereocenters. The first-order chi connectivity index (χ1) is 9.65. The van der Waals surface area contributed by atoms with E-state index in [0.29, 0.717) is 0 Å². The molecule has 1 N–H and O–H groups in total. The van der Waals surface area contributed by atoms with Crippen LogP contribution in [0, 0.1) is 0 Å². The van der Waals surface area contributed by atoms with Crippen molar-refractivity contribution in [3.63, 3.8) is 0 Å². The van der Waals surface area contributed by atoms with Crippen molar-refractivity contribution in [2.24, 2.45) is 0 Å². The van der Waals surface area contributed by atoms with Crippen LogP contribution in [0.15, 0.2) is 45.5 Å². The lowest BCUT2D eigenvalue weighted by Crippen LogP contribution is -2.20. The van der Waals surface area contributed by atoms with E-state index in [2.05, 4.69) is 42.2 Å². The Kier molecular flexibility index (Phi) is 5.57. The normalized spacial score (nSPS) is 12.2. The smallest absolute Gasteiger partial charge is 0.119 e. The molecule has 0 saturated carbocycles. The molecule has 0 amide bonds. The van der Waals surface area contributed by atoms with E-state index in [1.807, 2.05) is 43.6 Å². The van der Waals surface area contributed by atoms with Crippen LogP contribution in [0.3, 0.4) is 0 Å².